The van der Waals surface area contributed by atoms with E-state index >= 15 is 0 Å². The van der Waals surface area contributed by atoms with Crippen LogP contribution in [0.3, 0.4) is 0 Å². The van der Waals surface area contributed by atoms with Gasteiger partial charge in [0.25, 0.3) is 0 Å². The molecule has 2 rings (SSSR count). The molecule has 0 amide bonds. The topological polar surface area (TPSA) is 88.1 Å². The highest BCUT2D eigenvalue weighted by molar-refractivity contribution is 5.92. The fraction of sp³-hybridized carbons (Fsp3) is 0.227. The molecule has 0 spiro atoms. The van der Waals surface area contributed by atoms with Crippen LogP contribution in [0.4, 0.5) is 0 Å². The van der Waals surface area contributed by atoms with Crippen LogP contribution < -0.4 is 9.47 Å². The molecule has 0 fully saturated rings. The van der Waals surface area contributed by atoms with Gasteiger partial charge >= 0.3 is 17.9 Å². The molecular formula is C22H22O7. The number of carbonyl (C=O) groups excluding carboxylic acids is 3. The Balaban J connectivity index is 1.77. The number of benzene rings is 2. The van der Waals surface area contributed by atoms with Crippen molar-refractivity contribution in [3.05, 3.63) is 72.3 Å². The third-order valence-corrected chi connectivity index (χ3v) is 3.79. The number of carbonyl (C=O) groups is 3. The number of rotatable bonds is 10. The average molecular weight is 398 g/mol. The number of unbranched alkanes of at least 4 members (excludes halogenated alkanes) is 1. The molecule has 0 bridgehead atoms. The fourth-order valence-corrected chi connectivity index (χ4v) is 2.26. The maximum Gasteiger partial charge on any atom is 0.343 e. The number of hydrogen-bond donors (Lipinski definition) is 0. The summed E-state index contributed by atoms with van der Waals surface area (Å²) >= 11 is 0. The average Bonchev–Trinajstić information content (AvgIpc) is 2.76. The Morgan fingerprint density at radius 3 is 1.97 bits per heavy atom. The largest absolute Gasteiger partial charge is 0.494 e. The molecule has 2 aromatic rings. The van der Waals surface area contributed by atoms with E-state index in [1.54, 1.807) is 24.3 Å². The molecule has 7 heteroatoms. The van der Waals surface area contributed by atoms with Crippen molar-refractivity contribution in [3.63, 3.8) is 0 Å². The van der Waals surface area contributed by atoms with Crippen molar-refractivity contribution in [2.45, 2.75) is 12.8 Å². The van der Waals surface area contributed by atoms with Gasteiger partial charge in [0.15, 0.2) is 0 Å². The van der Waals surface area contributed by atoms with Crippen molar-refractivity contribution in [2.24, 2.45) is 0 Å². The Labute approximate surface area is 168 Å². The van der Waals surface area contributed by atoms with E-state index < -0.39 is 17.9 Å². The van der Waals surface area contributed by atoms with Crippen LogP contribution in [-0.2, 0) is 14.3 Å². The summed E-state index contributed by atoms with van der Waals surface area (Å²) < 4.78 is 20.4. The van der Waals surface area contributed by atoms with Crippen molar-refractivity contribution < 1.29 is 33.3 Å². The minimum absolute atomic E-state index is 0.319. The first-order valence-electron chi connectivity index (χ1n) is 8.96. The van der Waals surface area contributed by atoms with Gasteiger partial charge in [0.2, 0.25) is 0 Å². The van der Waals surface area contributed by atoms with E-state index in [1.807, 2.05) is 0 Å². The Hall–Kier alpha value is -3.61. The predicted molar refractivity (Wildman–Crippen MR) is 105 cm³/mol. The van der Waals surface area contributed by atoms with E-state index in [9.17, 15) is 14.4 Å². The molecular weight excluding hydrogens is 376 g/mol. The summed E-state index contributed by atoms with van der Waals surface area (Å²) in [5, 5.41) is 0. The van der Waals surface area contributed by atoms with Crippen LogP contribution in [0.2, 0.25) is 0 Å². The van der Waals surface area contributed by atoms with Crippen LogP contribution in [0.25, 0.3) is 0 Å². The van der Waals surface area contributed by atoms with Gasteiger partial charge in [-0.25, -0.2) is 14.4 Å². The molecule has 0 aliphatic rings. The SMILES string of the molecule is C=CC(=O)OCCCCOc1ccc(C(=O)Oc2ccc(C(=O)OC)cc2)cc1. The summed E-state index contributed by atoms with van der Waals surface area (Å²) in [5.41, 5.74) is 0.735. The Bertz CT molecular complexity index is 838. The minimum Gasteiger partial charge on any atom is -0.494 e. The van der Waals surface area contributed by atoms with E-state index in [1.165, 1.54) is 31.4 Å². The van der Waals surface area contributed by atoms with Gasteiger partial charge in [-0.15, -0.1) is 0 Å². The van der Waals surface area contributed by atoms with Gasteiger partial charge in [-0.2, -0.15) is 0 Å². The summed E-state index contributed by atoms with van der Waals surface area (Å²) in [7, 11) is 1.30. The maximum atomic E-state index is 12.2. The summed E-state index contributed by atoms with van der Waals surface area (Å²) in [5.74, 6) is -0.484. The first-order valence-corrected chi connectivity index (χ1v) is 8.96. The smallest absolute Gasteiger partial charge is 0.343 e. The van der Waals surface area contributed by atoms with E-state index in [0.717, 1.165) is 12.5 Å². The first kappa shape index (κ1) is 21.7. The minimum atomic E-state index is -0.522. The van der Waals surface area contributed by atoms with Crippen molar-refractivity contribution in [1.29, 1.82) is 0 Å². The molecule has 29 heavy (non-hydrogen) atoms. The predicted octanol–water partition coefficient (Wildman–Crippen LogP) is 3.58. The summed E-state index contributed by atoms with van der Waals surface area (Å²) in [6, 6.07) is 12.6. The lowest BCUT2D eigenvalue weighted by Gasteiger charge is -2.08. The molecule has 0 aliphatic carbocycles. The van der Waals surface area contributed by atoms with Crippen LogP contribution >= 0.6 is 0 Å². The van der Waals surface area contributed by atoms with E-state index in [-0.39, 0.29) is 0 Å². The molecule has 0 N–H and O–H groups in total. The van der Waals surface area contributed by atoms with Gasteiger partial charge < -0.3 is 18.9 Å². The number of esters is 3. The van der Waals surface area contributed by atoms with Gasteiger partial charge in [-0.05, 0) is 61.4 Å². The zero-order chi connectivity index (χ0) is 21.1. The van der Waals surface area contributed by atoms with Crippen molar-refractivity contribution >= 4 is 17.9 Å². The van der Waals surface area contributed by atoms with Crippen molar-refractivity contribution in [1.82, 2.24) is 0 Å². The molecule has 2 aromatic carbocycles. The summed E-state index contributed by atoms with van der Waals surface area (Å²) in [4.78, 5) is 34.5. The van der Waals surface area contributed by atoms with Crippen molar-refractivity contribution in [3.8, 4) is 11.5 Å². The molecule has 152 valence electrons. The van der Waals surface area contributed by atoms with Crippen molar-refractivity contribution in [2.75, 3.05) is 20.3 Å². The van der Waals surface area contributed by atoms with Gasteiger partial charge in [0, 0.05) is 6.08 Å². The van der Waals surface area contributed by atoms with Crippen LogP contribution in [0.5, 0.6) is 11.5 Å². The molecule has 0 aliphatic heterocycles. The standard InChI is InChI=1S/C22H22O7/c1-3-20(23)28-15-5-4-14-27-18-10-6-17(7-11-18)22(25)29-19-12-8-16(9-13-19)21(24)26-2/h3,6-13H,1,4-5,14-15H2,2H3. The van der Waals surface area contributed by atoms with E-state index in [2.05, 4.69) is 11.3 Å². The third kappa shape index (κ3) is 7.14. The number of ether oxygens (including phenoxy) is 4. The van der Waals surface area contributed by atoms with Crippen LogP contribution in [0.1, 0.15) is 33.6 Å². The summed E-state index contributed by atoms with van der Waals surface area (Å²) in [6.45, 7) is 4.10. The lowest BCUT2D eigenvalue weighted by molar-refractivity contribution is -0.137. The molecule has 0 saturated carbocycles. The molecule has 0 atom stereocenters. The highest BCUT2D eigenvalue weighted by Crippen LogP contribution is 2.17. The first-order chi connectivity index (χ1) is 14.0. The zero-order valence-electron chi connectivity index (χ0n) is 16.1. The third-order valence-electron chi connectivity index (χ3n) is 3.79. The maximum absolute atomic E-state index is 12.2. The van der Waals surface area contributed by atoms with Gasteiger partial charge in [-0.3, -0.25) is 0 Å². The number of methoxy groups -OCH3 is 1. The second-order valence-corrected chi connectivity index (χ2v) is 5.86. The summed E-state index contributed by atoms with van der Waals surface area (Å²) in [6.07, 6.45) is 2.52. The lowest BCUT2D eigenvalue weighted by Crippen LogP contribution is -2.09. The molecule has 0 radical (unpaired) electrons. The van der Waals surface area contributed by atoms with E-state index in [0.29, 0.717) is 42.3 Å². The molecule has 0 heterocycles. The van der Waals surface area contributed by atoms with Crippen LogP contribution in [-0.4, -0.2) is 38.2 Å². The highest BCUT2D eigenvalue weighted by atomic mass is 16.5. The molecule has 7 nitrogen and oxygen atoms in total. The molecule has 0 aromatic heterocycles. The van der Waals surface area contributed by atoms with Gasteiger partial charge in [0.05, 0.1) is 31.5 Å². The quantitative estimate of drug-likeness (QED) is 0.262. The van der Waals surface area contributed by atoms with Crippen LogP contribution in [0, 0.1) is 0 Å². The molecule has 0 saturated heterocycles. The highest BCUT2D eigenvalue weighted by Gasteiger charge is 2.10. The van der Waals surface area contributed by atoms with Gasteiger partial charge in [-0.1, -0.05) is 6.58 Å². The number of hydrogen-bond acceptors (Lipinski definition) is 7. The Kier molecular flexibility index (Phi) is 8.44. The molecule has 0 unspecified atom stereocenters. The van der Waals surface area contributed by atoms with Gasteiger partial charge in [0.1, 0.15) is 11.5 Å². The monoisotopic (exact) mass is 398 g/mol. The fourth-order valence-electron chi connectivity index (χ4n) is 2.26. The van der Waals surface area contributed by atoms with Crippen LogP contribution in [0.15, 0.2) is 61.2 Å². The Morgan fingerprint density at radius 1 is 0.828 bits per heavy atom. The lowest BCUT2D eigenvalue weighted by atomic mass is 10.2. The Morgan fingerprint density at radius 2 is 1.38 bits per heavy atom. The second-order valence-electron chi connectivity index (χ2n) is 5.86. The second kappa shape index (κ2) is 11.3. The normalized spacial score (nSPS) is 9.97. The zero-order valence-corrected chi connectivity index (χ0v) is 16.1. The van der Waals surface area contributed by atoms with E-state index in [4.69, 9.17) is 14.2 Å².